The molecule has 2 nitrogen and oxygen atoms in total. The van der Waals surface area contributed by atoms with Gasteiger partial charge >= 0.3 is 0 Å². The van der Waals surface area contributed by atoms with Gasteiger partial charge < -0.3 is 4.90 Å². The summed E-state index contributed by atoms with van der Waals surface area (Å²) in [7, 11) is 0. The molecule has 0 N–H and O–H groups in total. The first-order valence-electron chi connectivity index (χ1n) is 9.69. The van der Waals surface area contributed by atoms with Gasteiger partial charge in [-0.25, -0.2) is 0 Å². The zero-order valence-electron chi connectivity index (χ0n) is 14.2. The van der Waals surface area contributed by atoms with E-state index >= 15 is 0 Å². The maximum Gasteiger partial charge on any atom is 0.229 e. The van der Waals surface area contributed by atoms with E-state index in [1.165, 1.54) is 44.1 Å². The highest BCUT2D eigenvalue weighted by Crippen LogP contribution is 2.61. The maximum atomic E-state index is 13.6. The summed E-state index contributed by atoms with van der Waals surface area (Å²) < 4.78 is 0. The molecule has 5 fully saturated rings. The molecule has 128 valence electrons. The second-order valence-corrected chi connectivity index (χ2v) is 9.34. The second-order valence-electron chi connectivity index (χ2n) is 8.91. The van der Waals surface area contributed by atoms with E-state index in [-0.39, 0.29) is 11.5 Å². The number of likely N-dealkylation sites (tertiary alicyclic amines) is 1. The van der Waals surface area contributed by atoms with Crippen molar-refractivity contribution in [2.24, 2.45) is 23.2 Å². The van der Waals surface area contributed by atoms with Gasteiger partial charge in [-0.2, -0.15) is 0 Å². The average Bonchev–Trinajstić information content (AvgIpc) is 3.03. The van der Waals surface area contributed by atoms with Crippen LogP contribution < -0.4 is 0 Å². The molecule has 0 spiro atoms. The number of carbonyl (C=O) groups is 1. The molecule has 1 saturated heterocycles. The second kappa shape index (κ2) is 5.49. The van der Waals surface area contributed by atoms with Crippen LogP contribution in [0.2, 0.25) is 5.02 Å². The Balaban J connectivity index is 1.43. The predicted molar refractivity (Wildman–Crippen MR) is 95.7 cm³/mol. The minimum absolute atomic E-state index is 0.0102. The third-order valence-electron chi connectivity index (χ3n) is 7.26. The zero-order chi connectivity index (χ0) is 16.3. The summed E-state index contributed by atoms with van der Waals surface area (Å²) in [6.45, 7) is 0.938. The van der Waals surface area contributed by atoms with Crippen LogP contribution in [0.3, 0.4) is 0 Å². The van der Waals surface area contributed by atoms with Crippen molar-refractivity contribution in [1.29, 1.82) is 0 Å². The Morgan fingerprint density at radius 1 is 1.00 bits per heavy atom. The lowest BCUT2D eigenvalue weighted by Gasteiger charge is -2.56. The Kier molecular flexibility index (Phi) is 3.49. The number of rotatable bonds is 2. The number of nitrogens with zero attached hydrogens (tertiary/aromatic N) is 1. The zero-order valence-corrected chi connectivity index (χ0v) is 15.0. The van der Waals surface area contributed by atoms with Crippen molar-refractivity contribution >= 4 is 17.5 Å². The van der Waals surface area contributed by atoms with Crippen LogP contribution in [0.25, 0.3) is 0 Å². The summed E-state index contributed by atoms with van der Waals surface area (Å²) in [6, 6.07) is 8.41. The van der Waals surface area contributed by atoms with Crippen LogP contribution in [0.5, 0.6) is 0 Å². The van der Waals surface area contributed by atoms with Crippen molar-refractivity contribution in [2.45, 2.75) is 57.4 Å². The van der Waals surface area contributed by atoms with E-state index in [0.29, 0.717) is 5.91 Å². The van der Waals surface area contributed by atoms with Gasteiger partial charge in [-0.05, 0) is 86.8 Å². The molecule has 1 atom stereocenters. The molecular weight excluding hydrogens is 318 g/mol. The number of carbonyl (C=O) groups excluding carboxylic acids is 1. The fraction of sp³-hybridized carbons (Fsp3) is 0.667. The summed E-state index contributed by atoms with van der Waals surface area (Å²) >= 11 is 6.05. The van der Waals surface area contributed by atoms with Crippen LogP contribution in [0.4, 0.5) is 0 Å². The van der Waals surface area contributed by atoms with E-state index in [1.807, 2.05) is 12.1 Å². The minimum Gasteiger partial charge on any atom is -0.335 e. The number of hydrogen-bond donors (Lipinski definition) is 0. The standard InChI is InChI=1S/C21H26ClNO/c22-18-5-3-17(4-6-18)19-2-1-7-23(19)20(24)21-11-14-8-15(12-21)10-16(9-14)13-21/h3-6,14-16,19H,1-2,7-13H2/t14?,15?,16?,19-,21?/m1/s1. The molecule has 3 heteroatoms. The molecule has 4 aliphatic carbocycles. The molecular formula is C21H26ClNO. The van der Waals surface area contributed by atoms with E-state index in [2.05, 4.69) is 17.0 Å². The quantitative estimate of drug-likeness (QED) is 0.720. The molecule has 24 heavy (non-hydrogen) atoms. The van der Waals surface area contributed by atoms with Crippen molar-refractivity contribution in [3.63, 3.8) is 0 Å². The largest absolute Gasteiger partial charge is 0.335 e. The van der Waals surface area contributed by atoms with E-state index < -0.39 is 0 Å². The van der Waals surface area contributed by atoms with Crippen LogP contribution >= 0.6 is 11.6 Å². The van der Waals surface area contributed by atoms with Crippen LogP contribution in [0.15, 0.2) is 24.3 Å². The Labute approximate surface area is 149 Å². The fourth-order valence-corrected chi connectivity index (χ4v) is 6.84. The van der Waals surface area contributed by atoms with E-state index in [4.69, 9.17) is 11.6 Å². The summed E-state index contributed by atoms with van der Waals surface area (Å²) in [5.74, 6) is 2.98. The number of amides is 1. The first kappa shape index (κ1) is 15.3. The van der Waals surface area contributed by atoms with Crippen molar-refractivity contribution in [3.8, 4) is 0 Å². The molecule has 1 amide bonds. The van der Waals surface area contributed by atoms with Gasteiger partial charge in [0.15, 0.2) is 0 Å². The summed E-state index contributed by atoms with van der Waals surface area (Å²) in [5, 5.41) is 0.774. The van der Waals surface area contributed by atoms with E-state index in [9.17, 15) is 4.79 Å². The van der Waals surface area contributed by atoms with Gasteiger partial charge in [-0.15, -0.1) is 0 Å². The summed E-state index contributed by atoms with van der Waals surface area (Å²) in [4.78, 5) is 15.9. The average molecular weight is 344 g/mol. The molecule has 4 saturated carbocycles. The lowest BCUT2D eigenvalue weighted by Crippen LogP contribution is -2.54. The molecule has 0 radical (unpaired) electrons. The maximum absolute atomic E-state index is 13.6. The van der Waals surface area contributed by atoms with Crippen molar-refractivity contribution in [2.75, 3.05) is 6.54 Å². The summed E-state index contributed by atoms with van der Waals surface area (Å²) in [6.07, 6.45) is 9.92. The van der Waals surface area contributed by atoms with Crippen molar-refractivity contribution in [3.05, 3.63) is 34.9 Å². The molecule has 6 rings (SSSR count). The number of halogens is 1. The van der Waals surface area contributed by atoms with Crippen LogP contribution in [-0.2, 0) is 4.79 Å². The Hall–Kier alpha value is -1.02. The van der Waals surface area contributed by atoms with Crippen molar-refractivity contribution in [1.82, 2.24) is 4.90 Å². The third-order valence-corrected chi connectivity index (χ3v) is 7.51. The highest BCUT2D eigenvalue weighted by Gasteiger charge is 2.56. The highest BCUT2D eigenvalue weighted by atomic mass is 35.5. The molecule has 5 aliphatic rings. The Morgan fingerprint density at radius 2 is 1.58 bits per heavy atom. The molecule has 0 aromatic heterocycles. The van der Waals surface area contributed by atoms with E-state index in [0.717, 1.165) is 42.2 Å². The van der Waals surface area contributed by atoms with Gasteiger partial charge in [0.1, 0.15) is 0 Å². The fourth-order valence-electron chi connectivity index (χ4n) is 6.72. The van der Waals surface area contributed by atoms with Gasteiger partial charge in [-0.3, -0.25) is 4.79 Å². The molecule has 1 aromatic carbocycles. The van der Waals surface area contributed by atoms with Gasteiger partial charge in [0.25, 0.3) is 0 Å². The van der Waals surface area contributed by atoms with Gasteiger partial charge in [0.2, 0.25) is 5.91 Å². The monoisotopic (exact) mass is 343 g/mol. The SMILES string of the molecule is O=C(N1CCC[C@@H]1c1ccc(Cl)cc1)C12CC3CC(CC(C3)C1)C2. The van der Waals surface area contributed by atoms with Crippen LogP contribution in [0.1, 0.15) is 63.0 Å². The number of hydrogen-bond acceptors (Lipinski definition) is 1. The van der Waals surface area contributed by atoms with Gasteiger partial charge in [0.05, 0.1) is 11.5 Å². The summed E-state index contributed by atoms with van der Waals surface area (Å²) in [5.41, 5.74) is 1.25. The smallest absolute Gasteiger partial charge is 0.229 e. The molecule has 4 bridgehead atoms. The highest BCUT2D eigenvalue weighted by molar-refractivity contribution is 6.30. The van der Waals surface area contributed by atoms with E-state index in [1.54, 1.807) is 0 Å². The van der Waals surface area contributed by atoms with Gasteiger partial charge in [0, 0.05) is 11.6 Å². The molecule has 1 aromatic rings. The minimum atomic E-state index is -0.0102. The lowest BCUT2D eigenvalue weighted by molar-refractivity contribution is -0.158. The topological polar surface area (TPSA) is 20.3 Å². The molecule has 1 heterocycles. The molecule has 0 unspecified atom stereocenters. The van der Waals surface area contributed by atoms with Crippen molar-refractivity contribution < 1.29 is 4.79 Å². The predicted octanol–water partition coefficient (Wildman–Crippen LogP) is 5.22. The lowest BCUT2D eigenvalue weighted by atomic mass is 9.49. The van der Waals surface area contributed by atoms with Crippen LogP contribution in [-0.4, -0.2) is 17.4 Å². The van der Waals surface area contributed by atoms with Gasteiger partial charge in [-0.1, -0.05) is 23.7 Å². The Morgan fingerprint density at radius 3 is 2.17 bits per heavy atom. The number of benzene rings is 1. The first-order chi connectivity index (χ1) is 11.6. The first-order valence-corrected chi connectivity index (χ1v) is 10.1. The van der Waals surface area contributed by atoms with Crippen LogP contribution in [0, 0.1) is 23.2 Å². The Bertz CT molecular complexity index is 617. The molecule has 1 aliphatic heterocycles. The normalized spacial score (nSPS) is 40.3. The third kappa shape index (κ3) is 2.33.